The first-order valence-corrected chi connectivity index (χ1v) is 7.13. The number of alkyl halides is 1. The minimum atomic E-state index is -0.552. The van der Waals surface area contributed by atoms with E-state index < -0.39 is 5.38 Å². The predicted octanol–water partition coefficient (Wildman–Crippen LogP) is 3.71. The Morgan fingerprint density at radius 3 is 2.61 bits per heavy atom. The fourth-order valence-corrected chi connectivity index (χ4v) is 2.50. The summed E-state index contributed by atoms with van der Waals surface area (Å²) in [7, 11) is 0. The molecule has 1 aromatic carbocycles. The number of carbonyl (C=O) groups is 1. The van der Waals surface area contributed by atoms with Crippen LogP contribution in [-0.2, 0) is 4.79 Å². The second-order valence-corrected chi connectivity index (χ2v) is 5.25. The van der Waals surface area contributed by atoms with E-state index in [1.165, 1.54) is 18.4 Å². The van der Waals surface area contributed by atoms with Gasteiger partial charge in [-0.05, 0) is 43.7 Å². The molecular weight excluding hydrogens is 246 g/mol. The van der Waals surface area contributed by atoms with E-state index in [-0.39, 0.29) is 5.91 Å². The van der Waals surface area contributed by atoms with Gasteiger partial charge in [0.15, 0.2) is 0 Å². The Kier molecular flexibility index (Phi) is 4.28. The molecule has 0 N–H and O–H groups in total. The van der Waals surface area contributed by atoms with E-state index in [9.17, 15) is 4.79 Å². The fraction of sp³-hybridized carbons (Fsp3) is 0.533. The number of hydrogen-bond donors (Lipinski definition) is 0. The molecule has 1 atom stereocenters. The Bertz CT molecular complexity index is 424. The second-order valence-electron chi connectivity index (χ2n) is 4.82. The van der Waals surface area contributed by atoms with Crippen LogP contribution >= 0.6 is 11.6 Å². The molecule has 2 nitrogen and oxygen atoms in total. The van der Waals surface area contributed by atoms with Crippen LogP contribution in [0, 0.1) is 0 Å². The summed E-state index contributed by atoms with van der Waals surface area (Å²) in [6.07, 6.45) is 2.53. The third kappa shape index (κ3) is 2.86. The topological polar surface area (TPSA) is 20.3 Å². The summed E-state index contributed by atoms with van der Waals surface area (Å²) in [6.45, 7) is 5.37. The van der Waals surface area contributed by atoms with Crippen LogP contribution < -0.4 is 0 Å². The van der Waals surface area contributed by atoms with Gasteiger partial charge in [-0.3, -0.25) is 4.79 Å². The zero-order chi connectivity index (χ0) is 13.1. The van der Waals surface area contributed by atoms with Gasteiger partial charge in [0.1, 0.15) is 5.38 Å². The number of benzene rings is 1. The maximum atomic E-state index is 12.2. The molecule has 1 aliphatic carbocycles. The van der Waals surface area contributed by atoms with E-state index in [0.717, 1.165) is 5.56 Å². The van der Waals surface area contributed by atoms with Crippen molar-refractivity contribution in [1.29, 1.82) is 0 Å². The SMILES string of the molecule is CCN(CC)C(=O)C(Cl)c1cccc(C2CC2)c1. The van der Waals surface area contributed by atoms with E-state index in [2.05, 4.69) is 12.1 Å². The van der Waals surface area contributed by atoms with Crippen LogP contribution in [0.1, 0.15) is 49.1 Å². The highest BCUT2D eigenvalue weighted by atomic mass is 35.5. The maximum Gasteiger partial charge on any atom is 0.245 e. The van der Waals surface area contributed by atoms with Crippen LogP contribution in [0.15, 0.2) is 24.3 Å². The number of amides is 1. The second kappa shape index (κ2) is 5.75. The highest BCUT2D eigenvalue weighted by Crippen LogP contribution is 2.41. The Hall–Kier alpha value is -1.02. The third-order valence-corrected chi connectivity index (χ3v) is 3.98. The number of halogens is 1. The van der Waals surface area contributed by atoms with Crippen molar-refractivity contribution in [2.75, 3.05) is 13.1 Å². The highest BCUT2D eigenvalue weighted by Gasteiger charge is 2.26. The Morgan fingerprint density at radius 2 is 2.06 bits per heavy atom. The van der Waals surface area contributed by atoms with Crippen LogP contribution in [0.3, 0.4) is 0 Å². The van der Waals surface area contributed by atoms with Crippen molar-refractivity contribution in [3.8, 4) is 0 Å². The molecule has 0 bridgehead atoms. The van der Waals surface area contributed by atoms with Crippen LogP contribution in [-0.4, -0.2) is 23.9 Å². The number of rotatable bonds is 5. The molecule has 18 heavy (non-hydrogen) atoms. The average Bonchev–Trinajstić information content (AvgIpc) is 3.23. The van der Waals surface area contributed by atoms with Gasteiger partial charge < -0.3 is 4.90 Å². The van der Waals surface area contributed by atoms with Gasteiger partial charge >= 0.3 is 0 Å². The Labute approximate surface area is 114 Å². The van der Waals surface area contributed by atoms with E-state index >= 15 is 0 Å². The van der Waals surface area contributed by atoms with Gasteiger partial charge in [-0.15, -0.1) is 11.6 Å². The number of nitrogens with zero attached hydrogens (tertiary/aromatic N) is 1. The number of hydrogen-bond acceptors (Lipinski definition) is 1. The molecular formula is C15H20ClNO. The molecule has 1 amide bonds. The van der Waals surface area contributed by atoms with Crippen molar-refractivity contribution in [2.45, 2.75) is 38.0 Å². The lowest BCUT2D eigenvalue weighted by molar-refractivity contribution is -0.130. The minimum absolute atomic E-state index is 0.00890. The smallest absolute Gasteiger partial charge is 0.245 e. The molecule has 98 valence electrons. The first kappa shape index (κ1) is 13.4. The van der Waals surface area contributed by atoms with Crippen LogP contribution in [0.2, 0.25) is 0 Å². The lowest BCUT2D eigenvalue weighted by Gasteiger charge is -2.22. The van der Waals surface area contributed by atoms with E-state index in [0.29, 0.717) is 19.0 Å². The zero-order valence-electron chi connectivity index (χ0n) is 11.0. The van der Waals surface area contributed by atoms with Gasteiger partial charge in [0.05, 0.1) is 0 Å². The van der Waals surface area contributed by atoms with Gasteiger partial charge in [0, 0.05) is 13.1 Å². The summed E-state index contributed by atoms with van der Waals surface area (Å²) in [4.78, 5) is 14.0. The molecule has 0 radical (unpaired) electrons. The van der Waals surface area contributed by atoms with E-state index in [4.69, 9.17) is 11.6 Å². The normalized spacial score (nSPS) is 16.4. The fourth-order valence-electron chi connectivity index (χ4n) is 2.23. The lowest BCUT2D eigenvalue weighted by atomic mass is 10.0. The lowest BCUT2D eigenvalue weighted by Crippen LogP contribution is -2.33. The van der Waals surface area contributed by atoms with E-state index in [1.807, 2.05) is 26.0 Å². The summed E-state index contributed by atoms with van der Waals surface area (Å²) >= 11 is 6.31. The quantitative estimate of drug-likeness (QED) is 0.743. The largest absolute Gasteiger partial charge is 0.342 e. The highest BCUT2D eigenvalue weighted by molar-refractivity contribution is 6.30. The first-order valence-electron chi connectivity index (χ1n) is 6.70. The molecule has 0 heterocycles. The van der Waals surface area contributed by atoms with Crippen molar-refractivity contribution in [3.05, 3.63) is 35.4 Å². The van der Waals surface area contributed by atoms with Gasteiger partial charge in [0.25, 0.3) is 0 Å². The predicted molar refractivity (Wildman–Crippen MR) is 74.9 cm³/mol. The summed E-state index contributed by atoms with van der Waals surface area (Å²) < 4.78 is 0. The summed E-state index contributed by atoms with van der Waals surface area (Å²) in [5, 5.41) is -0.552. The Balaban J connectivity index is 2.14. The van der Waals surface area contributed by atoms with Crippen molar-refractivity contribution in [3.63, 3.8) is 0 Å². The molecule has 2 rings (SSSR count). The Morgan fingerprint density at radius 1 is 1.39 bits per heavy atom. The van der Waals surface area contributed by atoms with Crippen LogP contribution in [0.4, 0.5) is 0 Å². The van der Waals surface area contributed by atoms with Gasteiger partial charge in [0.2, 0.25) is 5.91 Å². The van der Waals surface area contributed by atoms with Crippen molar-refractivity contribution >= 4 is 17.5 Å². The number of likely N-dealkylation sites (N-methyl/N-ethyl adjacent to an activating group) is 1. The molecule has 3 heteroatoms. The summed E-state index contributed by atoms with van der Waals surface area (Å²) in [6, 6.07) is 8.18. The van der Waals surface area contributed by atoms with Gasteiger partial charge in [-0.25, -0.2) is 0 Å². The van der Waals surface area contributed by atoms with E-state index in [1.54, 1.807) is 4.90 Å². The van der Waals surface area contributed by atoms with Crippen LogP contribution in [0.25, 0.3) is 0 Å². The van der Waals surface area contributed by atoms with Crippen LogP contribution in [0.5, 0.6) is 0 Å². The third-order valence-electron chi connectivity index (χ3n) is 3.54. The molecule has 1 fully saturated rings. The average molecular weight is 266 g/mol. The molecule has 0 spiro atoms. The minimum Gasteiger partial charge on any atom is -0.342 e. The molecule has 0 saturated heterocycles. The molecule has 1 aliphatic rings. The standard InChI is InChI=1S/C15H20ClNO/c1-3-17(4-2)15(18)14(16)13-7-5-6-12(10-13)11-8-9-11/h5-7,10-11,14H,3-4,8-9H2,1-2H3. The molecule has 1 saturated carbocycles. The number of carbonyl (C=O) groups excluding carboxylic acids is 1. The molecule has 0 aromatic heterocycles. The summed E-state index contributed by atoms with van der Waals surface area (Å²) in [5.41, 5.74) is 2.25. The molecule has 1 aromatic rings. The van der Waals surface area contributed by atoms with Gasteiger partial charge in [-0.1, -0.05) is 24.3 Å². The molecule has 0 aliphatic heterocycles. The molecule has 1 unspecified atom stereocenters. The monoisotopic (exact) mass is 265 g/mol. The summed E-state index contributed by atoms with van der Waals surface area (Å²) in [5.74, 6) is 0.701. The van der Waals surface area contributed by atoms with Gasteiger partial charge in [-0.2, -0.15) is 0 Å². The zero-order valence-corrected chi connectivity index (χ0v) is 11.8. The van der Waals surface area contributed by atoms with Crippen molar-refractivity contribution < 1.29 is 4.79 Å². The first-order chi connectivity index (χ1) is 8.67. The maximum absolute atomic E-state index is 12.2. The van der Waals surface area contributed by atoms with Crippen molar-refractivity contribution in [1.82, 2.24) is 4.90 Å². The van der Waals surface area contributed by atoms with Crippen molar-refractivity contribution in [2.24, 2.45) is 0 Å².